The summed E-state index contributed by atoms with van der Waals surface area (Å²) in [7, 11) is 1.46. The van der Waals surface area contributed by atoms with E-state index in [1.165, 1.54) is 7.11 Å². The molecule has 0 spiro atoms. The second kappa shape index (κ2) is 5.52. The molecule has 2 atom stereocenters. The second-order valence-electron chi connectivity index (χ2n) is 5.00. The highest BCUT2D eigenvalue weighted by Gasteiger charge is 2.32. The SMILES string of the molecule is COC(=O)[C@@H]1CCN(Cc2ncc(C)o2)C[C@H]1C. The zero-order valence-corrected chi connectivity index (χ0v) is 11.2. The highest BCUT2D eigenvalue weighted by atomic mass is 16.5. The van der Waals surface area contributed by atoms with Gasteiger partial charge in [0.25, 0.3) is 0 Å². The summed E-state index contributed by atoms with van der Waals surface area (Å²) in [5.41, 5.74) is 0. The minimum absolute atomic E-state index is 0.0255. The molecule has 1 aromatic heterocycles. The van der Waals surface area contributed by atoms with Crippen LogP contribution in [0.5, 0.6) is 0 Å². The monoisotopic (exact) mass is 252 g/mol. The molecule has 100 valence electrons. The van der Waals surface area contributed by atoms with Crippen molar-refractivity contribution in [3.05, 3.63) is 17.8 Å². The van der Waals surface area contributed by atoms with Crippen molar-refractivity contribution in [1.82, 2.24) is 9.88 Å². The maximum absolute atomic E-state index is 11.6. The minimum atomic E-state index is -0.0888. The topological polar surface area (TPSA) is 55.6 Å². The summed E-state index contributed by atoms with van der Waals surface area (Å²) in [5.74, 6) is 1.83. The van der Waals surface area contributed by atoms with Gasteiger partial charge >= 0.3 is 5.97 Å². The van der Waals surface area contributed by atoms with Gasteiger partial charge in [-0.3, -0.25) is 9.69 Å². The average Bonchev–Trinajstić information content (AvgIpc) is 2.74. The number of nitrogens with zero attached hydrogens (tertiary/aromatic N) is 2. The molecule has 2 rings (SSSR count). The summed E-state index contributed by atoms with van der Waals surface area (Å²) in [6.07, 6.45) is 2.58. The molecule has 1 fully saturated rings. The lowest BCUT2D eigenvalue weighted by Crippen LogP contribution is -2.42. The molecular formula is C13H20N2O3. The Bertz CT molecular complexity index is 416. The number of likely N-dealkylation sites (tertiary alicyclic amines) is 1. The molecule has 0 radical (unpaired) electrons. The molecule has 0 unspecified atom stereocenters. The first-order valence-electron chi connectivity index (χ1n) is 6.31. The summed E-state index contributed by atoms with van der Waals surface area (Å²) < 4.78 is 10.3. The van der Waals surface area contributed by atoms with Crippen LogP contribution in [0, 0.1) is 18.8 Å². The molecule has 1 aromatic rings. The number of esters is 1. The first kappa shape index (κ1) is 13.1. The number of carbonyl (C=O) groups excluding carboxylic acids is 1. The van der Waals surface area contributed by atoms with Crippen LogP contribution in [0.1, 0.15) is 25.0 Å². The molecule has 0 amide bonds. The van der Waals surface area contributed by atoms with Crippen LogP contribution in [0.4, 0.5) is 0 Å². The number of carbonyl (C=O) groups is 1. The Morgan fingerprint density at radius 3 is 3.00 bits per heavy atom. The number of aromatic nitrogens is 1. The van der Waals surface area contributed by atoms with Crippen molar-refractivity contribution >= 4 is 5.97 Å². The Labute approximate surface area is 107 Å². The third kappa shape index (κ3) is 2.90. The van der Waals surface area contributed by atoms with Gasteiger partial charge in [-0.25, -0.2) is 4.98 Å². The summed E-state index contributed by atoms with van der Waals surface area (Å²) in [5, 5.41) is 0. The van der Waals surface area contributed by atoms with Gasteiger partial charge in [0.2, 0.25) is 5.89 Å². The first-order chi connectivity index (χ1) is 8.60. The van der Waals surface area contributed by atoms with Crippen LogP contribution >= 0.6 is 0 Å². The number of rotatable bonds is 3. The molecule has 18 heavy (non-hydrogen) atoms. The van der Waals surface area contributed by atoms with Gasteiger partial charge in [0.15, 0.2) is 0 Å². The minimum Gasteiger partial charge on any atom is -0.469 e. The third-order valence-corrected chi connectivity index (χ3v) is 3.52. The third-order valence-electron chi connectivity index (χ3n) is 3.52. The fourth-order valence-corrected chi connectivity index (χ4v) is 2.54. The van der Waals surface area contributed by atoms with E-state index < -0.39 is 0 Å². The zero-order valence-electron chi connectivity index (χ0n) is 11.2. The standard InChI is InChI=1S/C13H20N2O3/c1-9-7-15(5-4-11(9)13(16)17-3)8-12-14-6-10(2)18-12/h6,9,11H,4-5,7-8H2,1-3H3/t9-,11-/m1/s1. The molecule has 0 aliphatic carbocycles. The molecule has 0 N–H and O–H groups in total. The highest BCUT2D eigenvalue weighted by Crippen LogP contribution is 2.25. The van der Waals surface area contributed by atoms with Gasteiger partial charge in [-0.2, -0.15) is 0 Å². The molecule has 2 heterocycles. The van der Waals surface area contributed by atoms with E-state index in [1.807, 2.05) is 6.92 Å². The van der Waals surface area contributed by atoms with Crippen molar-refractivity contribution in [2.24, 2.45) is 11.8 Å². The predicted octanol–water partition coefficient (Wildman–Crippen LogP) is 1.61. The zero-order chi connectivity index (χ0) is 13.1. The molecule has 5 heteroatoms. The van der Waals surface area contributed by atoms with Crippen LogP contribution in [0.2, 0.25) is 0 Å². The summed E-state index contributed by atoms with van der Waals surface area (Å²) in [6, 6.07) is 0. The van der Waals surface area contributed by atoms with Crippen LogP contribution in [0.3, 0.4) is 0 Å². The summed E-state index contributed by atoms with van der Waals surface area (Å²) in [4.78, 5) is 18.1. The van der Waals surface area contributed by atoms with E-state index in [1.54, 1.807) is 6.20 Å². The highest BCUT2D eigenvalue weighted by molar-refractivity contribution is 5.72. The number of methoxy groups -OCH3 is 1. The lowest BCUT2D eigenvalue weighted by atomic mass is 9.87. The van der Waals surface area contributed by atoms with E-state index in [9.17, 15) is 4.79 Å². The second-order valence-corrected chi connectivity index (χ2v) is 5.00. The molecule has 1 saturated heterocycles. The molecular weight excluding hydrogens is 232 g/mol. The van der Waals surface area contributed by atoms with Crippen LogP contribution in [0.15, 0.2) is 10.6 Å². The van der Waals surface area contributed by atoms with Crippen LogP contribution < -0.4 is 0 Å². The molecule has 1 aliphatic heterocycles. The van der Waals surface area contributed by atoms with E-state index in [2.05, 4.69) is 16.8 Å². The number of piperidine rings is 1. The Morgan fingerprint density at radius 2 is 2.44 bits per heavy atom. The number of hydrogen-bond donors (Lipinski definition) is 0. The summed E-state index contributed by atoms with van der Waals surface area (Å²) >= 11 is 0. The van der Waals surface area contributed by atoms with E-state index in [0.717, 1.165) is 31.2 Å². The van der Waals surface area contributed by atoms with Crippen molar-refractivity contribution in [2.45, 2.75) is 26.8 Å². The van der Waals surface area contributed by atoms with Crippen molar-refractivity contribution < 1.29 is 13.9 Å². The lowest BCUT2D eigenvalue weighted by Gasteiger charge is -2.34. The Hall–Kier alpha value is -1.36. The Balaban J connectivity index is 1.90. The van der Waals surface area contributed by atoms with Crippen molar-refractivity contribution in [3.8, 4) is 0 Å². The van der Waals surface area contributed by atoms with E-state index in [4.69, 9.17) is 9.15 Å². The fraction of sp³-hybridized carbons (Fsp3) is 0.692. The Morgan fingerprint density at radius 1 is 1.67 bits per heavy atom. The maximum atomic E-state index is 11.6. The Kier molecular flexibility index (Phi) is 4.01. The first-order valence-corrected chi connectivity index (χ1v) is 6.31. The largest absolute Gasteiger partial charge is 0.469 e. The number of ether oxygens (including phenoxy) is 1. The van der Waals surface area contributed by atoms with Crippen molar-refractivity contribution in [3.63, 3.8) is 0 Å². The van der Waals surface area contributed by atoms with Gasteiger partial charge in [0.05, 0.1) is 25.8 Å². The summed E-state index contributed by atoms with van der Waals surface area (Å²) in [6.45, 7) is 6.45. The number of aryl methyl sites for hydroxylation is 1. The fourth-order valence-electron chi connectivity index (χ4n) is 2.54. The number of hydrogen-bond acceptors (Lipinski definition) is 5. The van der Waals surface area contributed by atoms with Crippen molar-refractivity contribution in [1.29, 1.82) is 0 Å². The molecule has 0 aromatic carbocycles. The van der Waals surface area contributed by atoms with E-state index in [-0.39, 0.29) is 11.9 Å². The quantitative estimate of drug-likeness (QED) is 0.765. The van der Waals surface area contributed by atoms with Gasteiger partial charge in [-0.1, -0.05) is 6.92 Å². The van der Waals surface area contributed by atoms with Gasteiger partial charge in [0, 0.05) is 6.54 Å². The van der Waals surface area contributed by atoms with Crippen LogP contribution in [-0.2, 0) is 16.1 Å². The molecule has 1 aliphatic rings. The average molecular weight is 252 g/mol. The van der Waals surface area contributed by atoms with Crippen LogP contribution in [-0.4, -0.2) is 36.1 Å². The molecule has 0 bridgehead atoms. The van der Waals surface area contributed by atoms with Gasteiger partial charge in [-0.15, -0.1) is 0 Å². The lowest BCUT2D eigenvalue weighted by molar-refractivity contribution is -0.149. The number of oxazole rings is 1. The van der Waals surface area contributed by atoms with Gasteiger partial charge < -0.3 is 9.15 Å². The van der Waals surface area contributed by atoms with E-state index >= 15 is 0 Å². The predicted molar refractivity (Wildman–Crippen MR) is 65.8 cm³/mol. The van der Waals surface area contributed by atoms with Crippen LogP contribution in [0.25, 0.3) is 0 Å². The normalized spacial score (nSPS) is 25.1. The van der Waals surface area contributed by atoms with Gasteiger partial charge in [0.1, 0.15) is 5.76 Å². The molecule has 5 nitrogen and oxygen atoms in total. The van der Waals surface area contributed by atoms with Gasteiger partial charge in [-0.05, 0) is 25.8 Å². The van der Waals surface area contributed by atoms with Crippen molar-refractivity contribution in [2.75, 3.05) is 20.2 Å². The molecule has 0 saturated carbocycles. The smallest absolute Gasteiger partial charge is 0.309 e. The maximum Gasteiger partial charge on any atom is 0.309 e. The van der Waals surface area contributed by atoms with E-state index in [0.29, 0.717) is 12.5 Å².